The summed E-state index contributed by atoms with van der Waals surface area (Å²) in [5.41, 5.74) is 10.2. The average Bonchev–Trinajstić information content (AvgIpc) is 2.89. The maximum absolute atomic E-state index is 13.0. The number of benzene rings is 1. The number of amides is 1. The fourth-order valence-corrected chi connectivity index (χ4v) is 3.26. The number of nitrogen functional groups attached to an aromatic ring is 1. The first-order valence-corrected chi connectivity index (χ1v) is 8.05. The third kappa shape index (κ3) is 2.71. The van der Waals surface area contributed by atoms with E-state index < -0.39 is 0 Å². The number of aryl methyl sites for hydroxylation is 1. The van der Waals surface area contributed by atoms with Gasteiger partial charge < -0.3 is 10.6 Å². The second kappa shape index (κ2) is 5.41. The first kappa shape index (κ1) is 15.6. The number of carbonyl (C=O) groups is 1. The van der Waals surface area contributed by atoms with Crippen molar-refractivity contribution in [2.24, 2.45) is 0 Å². The molecule has 5 heteroatoms. The lowest BCUT2D eigenvalue weighted by atomic mass is 9.99. The Morgan fingerprint density at radius 3 is 2.70 bits per heavy atom. The van der Waals surface area contributed by atoms with Crippen LogP contribution in [-0.4, -0.2) is 22.2 Å². The number of nitrogens with zero attached hydrogens (tertiary/aromatic N) is 3. The van der Waals surface area contributed by atoms with Gasteiger partial charge in [-0.3, -0.25) is 9.48 Å². The predicted octanol–water partition coefficient (Wildman–Crippen LogP) is 3.12. The lowest BCUT2D eigenvalue weighted by Crippen LogP contribution is -2.36. The van der Waals surface area contributed by atoms with Gasteiger partial charge in [0.2, 0.25) is 0 Å². The van der Waals surface area contributed by atoms with Crippen molar-refractivity contribution in [3.05, 3.63) is 41.2 Å². The summed E-state index contributed by atoms with van der Waals surface area (Å²) >= 11 is 0. The van der Waals surface area contributed by atoms with E-state index in [1.165, 1.54) is 0 Å². The molecule has 1 amide bonds. The fourth-order valence-electron chi connectivity index (χ4n) is 3.26. The first-order valence-electron chi connectivity index (χ1n) is 8.05. The summed E-state index contributed by atoms with van der Waals surface area (Å²) in [4.78, 5) is 14.8. The van der Waals surface area contributed by atoms with Gasteiger partial charge in [0.1, 0.15) is 0 Å². The number of rotatable bonds is 1. The van der Waals surface area contributed by atoms with E-state index in [-0.39, 0.29) is 11.4 Å². The highest BCUT2D eigenvalue weighted by Gasteiger charge is 2.28. The molecule has 2 aromatic rings. The second-order valence-electron chi connectivity index (χ2n) is 7.16. The molecule has 23 heavy (non-hydrogen) atoms. The van der Waals surface area contributed by atoms with Gasteiger partial charge in [0, 0.05) is 23.6 Å². The van der Waals surface area contributed by atoms with Gasteiger partial charge in [-0.2, -0.15) is 5.10 Å². The molecule has 0 fully saturated rings. The SMILES string of the molecule is Cc1cc(C(=O)N2CCCc3c(N)cccc32)nn1C(C)(C)C. The van der Waals surface area contributed by atoms with E-state index in [2.05, 4.69) is 25.9 Å². The molecule has 0 saturated carbocycles. The van der Waals surface area contributed by atoms with Crippen molar-refractivity contribution in [3.63, 3.8) is 0 Å². The van der Waals surface area contributed by atoms with Crippen molar-refractivity contribution in [2.45, 2.75) is 46.1 Å². The minimum Gasteiger partial charge on any atom is -0.398 e. The molecule has 122 valence electrons. The molecule has 0 spiro atoms. The van der Waals surface area contributed by atoms with Crippen molar-refractivity contribution in [1.29, 1.82) is 0 Å². The Labute approximate surface area is 137 Å². The van der Waals surface area contributed by atoms with Crippen LogP contribution in [0.2, 0.25) is 0 Å². The van der Waals surface area contributed by atoms with Crippen LogP contribution in [-0.2, 0) is 12.0 Å². The summed E-state index contributed by atoms with van der Waals surface area (Å²) in [7, 11) is 0. The van der Waals surface area contributed by atoms with Crippen LogP contribution in [0.1, 0.15) is 48.9 Å². The van der Waals surface area contributed by atoms with E-state index in [0.29, 0.717) is 12.2 Å². The molecule has 0 bridgehead atoms. The molecule has 3 rings (SSSR count). The molecule has 1 aromatic carbocycles. The minimum atomic E-state index is -0.146. The van der Waals surface area contributed by atoms with Crippen molar-refractivity contribution in [1.82, 2.24) is 9.78 Å². The lowest BCUT2D eigenvalue weighted by molar-refractivity contribution is 0.0979. The third-order valence-electron chi connectivity index (χ3n) is 4.27. The van der Waals surface area contributed by atoms with Crippen molar-refractivity contribution in [2.75, 3.05) is 17.2 Å². The predicted molar refractivity (Wildman–Crippen MR) is 92.8 cm³/mol. The van der Waals surface area contributed by atoms with Gasteiger partial charge in [0.05, 0.1) is 5.54 Å². The fraction of sp³-hybridized carbons (Fsp3) is 0.444. The van der Waals surface area contributed by atoms with E-state index in [4.69, 9.17) is 5.73 Å². The molecule has 2 heterocycles. The summed E-state index contributed by atoms with van der Waals surface area (Å²) in [5, 5.41) is 4.55. The molecule has 0 radical (unpaired) electrons. The highest BCUT2D eigenvalue weighted by molar-refractivity contribution is 6.06. The smallest absolute Gasteiger partial charge is 0.278 e. The van der Waals surface area contributed by atoms with Gasteiger partial charge in [-0.15, -0.1) is 0 Å². The normalized spacial score (nSPS) is 14.7. The van der Waals surface area contributed by atoms with Crippen LogP contribution in [0.3, 0.4) is 0 Å². The van der Waals surface area contributed by atoms with Gasteiger partial charge in [0.25, 0.3) is 5.91 Å². The Morgan fingerprint density at radius 1 is 1.30 bits per heavy atom. The number of carbonyl (C=O) groups excluding carboxylic acids is 1. The van der Waals surface area contributed by atoms with Gasteiger partial charge in [-0.1, -0.05) is 6.07 Å². The number of fused-ring (bicyclic) bond motifs is 1. The number of hydrogen-bond acceptors (Lipinski definition) is 3. The zero-order chi connectivity index (χ0) is 16.8. The van der Waals surface area contributed by atoms with Crippen molar-refractivity contribution >= 4 is 17.3 Å². The van der Waals surface area contributed by atoms with Crippen LogP contribution in [0.25, 0.3) is 0 Å². The summed E-state index contributed by atoms with van der Waals surface area (Å²) < 4.78 is 1.91. The average molecular weight is 312 g/mol. The van der Waals surface area contributed by atoms with Gasteiger partial charge >= 0.3 is 0 Å². The Balaban J connectivity index is 1.99. The van der Waals surface area contributed by atoms with Crippen molar-refractivity contribution < 1.29 is 4.79 Å². The minimum absolute atomic E-state index is 0.0531. The third-order valence-corrected chi connectivity index (χ3v) is 4.27. The second-order valence-corrected chi connectivity index (χ2v) is 7.16. The molecule has 0 unspecified atom stereocenters. The monoisotopic (exact) mass is 312 g/mol. The van der Waals surface area contributed by atoms with Crippen LogP contribution in [0.5, 0.6) is 0 Å². The van der Waals surface area contributed by atoms with Crippen molar-refractivity contribution in [3.8, 4) is 0 Å². The molecule has 1 aliphatic heterocycles. The Morgan fingerprint density at radius 2 is 2.04 bits per heavy atom. The molecule has 1 aliphatic rings. The highest BCUT2D eigenvalue weighted by Crippen LogP contribution is 2.32. The van der Waals surface area contributed by atoms with E-state index in [0.717, 1.165) is 35.5 Å². The maximum atomic E-state index is 13.0. The standard InChI is InChI=1S/C18H24N4O/c1-12-11-15(20-22(12)18(2,3)4)17(23)21-10-6-7-13-14(19)8-5-9-16(13)21/h5,8-9,11H,6-7,10,19H2,1-4H3. The largest absolute Gasteiger partial charge is 0.398 e. The number of anilines is 2. The summed E-state index contributed by atoms with van der Waals surface area (Å²) in [6, 6.07) is 7.63. The molecule has 5 nitrogen and oxygen atoms in total. The van der Waals surface area contributed by atoms with E-state index in [9.17, 15) is 4.79 Å². The molecule has 0 aliphatic carbocycles. The van der Waals surface area contributed by atoms with Crippen LogP contribution in [0.15, 0.2) is 24.3 Å². The molecule has 0 saturated heterocycles. The maximum Gasteiger partial charge on any atom is 0.278 e. The number of hydrogen-bond donors (Lipinski definition) is 1. The zero-order valence-corrected chi connectivity index (χ0v) is 14.3. The summed E-state index contributed by atoms with van der Waals surface area (Å²) in [5.74, 6) is -0.0531. The van der Waals surface area contributed by atoms with Crippen LogP contribution in [0.4, 0.5) is 11.4 Å². The van der Waals surface area contributed by atoms with E-state index in [1.54, 1.807) is 0 Å². The lowest BCUT2D eigenvalue weighted by Gasteiger charge is -2.29. The van der Waals surface area contributed by atoms with E-state index in [1.807, 2.05) is 40.8 Å². The quantitative estimate of drug-likeness (QED) is 0.823. The van der Waals surface area contributed by atoms with E-state index >= 15 is 0 Å². The first-order chi connectivity index (χ1) is 10.8. The molecular weight excluding hydrogens is 288 g/mol. The number of aromatic nitrogens is 2. The Bertz CT molecular complexity index is 755. The zero-order valence-electron chi connectivity index (χ0n) is 14.3. The van der Waals surface area contributed by atoms with Gasteiger partial charge in [0.15, 0.2) is 5.69 Å². The summed E-state index contributed by atoms with van der Waals surface area (Å²) in [6.45, 7) is 8.93. The molecule has 2 N–H and O–H groups in total. The molecule has 1 aromatic heterocycles. The highest BCUT2D eigenvalue weighted by atomic mass is 16.2. The van der Waals surface area contributed by atoms with Crippen LogP contribution < -0.4 is 10.6 Å². The topological polar surface area (TPSA) is 64.2 Å². The molecular formula is C18H24N4O. The van der Waals surface area contributed by atoms with Crippen LogP contribution in [0, 0.1) is 6.92 Å². The van der Waals surface area contributed by atoms with Gasteiger partial charge in [-0.05, 0) is 64.3 Å². The molecule has 0 atom stereocenters. The number of nitrogens with two attached hydrogens (primary N) is 1. The van der Waals surface area contributed by atoms with Crippen LogP contribution >= 0.6 is 0 Å². The Kier molecular flexibility index (Phi) is 3.66. The van der Waals surface area contributed by atoms with Gasteiger partial charge in [-0.25, -0.2) is 0 Å². The Hall–Kier alpha value is -2.30. The summed E-state index contributed by atoms with van der Waals surface area (Å²) in [6.07, 6.45) is 1.84.